The van der Waals surface area contributed by atoms with E-state index in [9.17, 15) is 14.0 Å². The van der Waals surface area contributed by atoms with Gasteiger partial charge in [0, 0.05) is 33.6 Å². The Labute approximate surface area is 221 Å². The predicted molar refractivity (Wildman–Crippen MR) is 138 cm³/mol. The van der Waals surface area contributed by atoms with Crippen molar-refractivity contribution in [1.29, 1.82) is 0 Å². The number of carbonyl (C=O) groups excluding carboxylic acids is 2. The molecule has 3 aromatic carbocycles. The summed E-state index contributed by atoms with van der Waals surface area (Å²) in [6.45, 7) is 0. The topological polar surface area (TPSA) is 46.2 Å². The Morgan fingerprint density at radius 3 is 2.21 bits per heavy atom. The quantitative estimate of drug-likeness (QED) is 0.220. The van der Waals surface area contributed by atoms with E-state index in [1.165, 1.54) is 12.1 Å². The summed E-state index contributed by atoms with van der Waals surface area (Å²) in [5.74, 6) is -1.50. The summed E-state index contributed by atoms with van der Waals surface area (Å²) in [6.07, 6.45) is 0.0591. The molecule has 2 unspecified atom stereocenters. The van der Waals surface area contributed by atoms with Gasteiger partial charge in [0.25, 0.3) is 0 Å². The molecule has 33 heavy (non-hydrogen) atoms. The third kappa shape index (κ3) is 5.46. The zero-order valence-electron chi connectivity index (χ0n) is 16.7. The minimum atomic E-state index is -0.647. The van der Waals surface area contributed by atoms with Gasteiger partial charge in [-0.2, -0.15) is 0 Å². The minimum absolute atomic E-state index is 0.0591. The van der Waals surface area contributed by atoms with Gasteiger partial charge in [0.05, 0.1) is 10.9 Å². The molecule has 1 saturated carbocycles. The molecule has 9 heteroatoms. The third-order valence-corrected chi connectivity index (χ3v) is 8.13. The first-order valence-corrected chi connectivity index (χ1v) is 12.5. The number of Topliss-reactive ketones (excluding diaryl/α,β-unsaturated/α-hetero) is 1. The average Bonchev–Trinajstić information content (AvgIpc) is 3.32. The van der Waals surface area contributed by atoms with Crippen molar-refractivity contribution in [1.82, 2.24) is 0 Å². The molecule has 4 rings (SSSR count). The molecule has 1 aliphatic carbocycles. The second-order valence-electron chi connectivity index (χ2n) is 7.74. The van der Waals surface area contributed by atoms with Gasteiger partial charge in [-0.25, -0.2) is 4.39 Å². The van der Waals surface area contributed by atoms with Crippen LogP contribution in [0.1, 0.15) is 27.4 Å². The number of amides is 1. The SMILES string of the molecule is O=C(Cc1ccc(F)cc1)c1cc(NC(=O)C2C(c3cc(Cl)cc(Cl)c3)C2(Br)Br)ccc1Cl. The lowest BCUT2D eigenvalue weighted by atomic mass is 10.0. The molecule has 1 fully saturated rings. The first kappa shape index (κ1) is 24.7. The van der Waals surface area contributed by atoms with Crippen LogP contribution in [0, 0.1) is 11.7 Å². The standard InChI is InChI=1S/C24H15Br2Cl3FNO2/c25-24(26)21(13-8-14(27)10-15(28)9-13)22(24)23(33)31-17-5-6-19(29)18(11-17)20(32)7-12-1-3-16(30)4-2-12/h1-6,8-11,21-22H,7H2,(H,31,33). The maximum absolute atomic E-state index is 13.1. The molecule has 0 saturated heterocycles. The van der Waals surface area contributed by atoms with Crippen LogP contribution in [-0.2, 0) is 11.2 Å². The van der Waals surface area contributed by atoms with Gasteiger partial charge in [0.1, 0.15) is 9.05 Å². The highest BCUT2D eigenvalue weighted by molar-refractivity contribution is 9.25. The number of hydrogen-bond donors (Lipinski definition) is 1. The Morgan fingerprint density at radius 2 is 1.58 bits per heavy atom. The van der Waals surface area contributed by atoms with Crippen LogP contribution in [0.3, 0.4) is 0 Å². The molecule has 0 heterocycles. The second-order valence-corrected chi connectivity index (χ2v) is 12.7. The fourth-order valence-corrected chi connectivity index (χ4v) is 6.25. The number of rotatable bonds is 6. The van der Waals surface area contributed by atoms with Crippen molar-refractivity contribution in [2.45, 2.75) is 15.6 Å². The van der Waals surface area contributed by atoms with Crippen molar-refractivity contribution >= 4 is 84.0 Å². The number of benzene rings is 3. The van der Waals surface area contributed by atoms with Crippen LogP contribution in [0.4, 0.5) is 10.1 Å². The maximum Gasteiger partial charge on any atom is 0.230 e. The van der Waals surface area contributed by atoms with Crippen LogP contribution in [0.5, 0.6) is 0 Å². The fourth-order valence-electron chi connectivity index (χ4n) is 3.74. The van der Waals surface area contributed by atoms with E-state index in [2.05, 4.69) is 37.2 Å². The molecule has 1 aliphatic rings. The smallest absolute Gasteiger partial charge is 0.230 e. The van der Waals surface area contributed by atoms with Crippen molar-refractivity contribution in [2.75, 3.05) is 5.32 Å². The Morgan fingerprint density at radius 1 is 0.939 bits per heavy atom. The summed E-state index contributed by atoms with van der Waals surface area (Å²) >= 11 is 25.6. The van der Waals surface area contributed by atoms with E-state index in [0.717, 1.165) is 5.56 Å². The highest BCUT2D eigenvalue weighted by Gasteiger charge is 2.66. The number of anilines is 1. The van der Waals surface area contributed by atoms with Gasteiger partial charge in [-0.1, -0.05) is 78.8 Å². The number of ketones is 1. The van der Waals surface area contributed by atoms with Crippen LogP contribution >= 0.6 is 66.7 Å². The first-order chi connectivity index (χ1) is 15.6. The van der Waals surface area contributed by atoms with Crippen LogP contribution < -0.4 is 5.32 Å². The van der Waals surface area contributed by atoms with E-state index in [4.69, 9.17) is 34.8 Å². The van der Waals surface area contributed by atoms with Crippen molar-refractivity contribution in [3.63, 3.8) is 0 Å². The van der Waals surface area contributed by atoms with E-state index >= 15 is 0 Å². The van der Waals surface area contributed by atoms with Gasteiger partial charge < -0.3 is 5.32 Å². The number of carbonyl (C=O) groups is 2. The maximum atomic E-state index is 13.1. The molecule has 3 aromatic rings. The molecule has 0 aliphatic heterocycles. The molecular formula is C24H15Br2Cl3FNO2. The van der Waals surface area contributed by atoms with Gasteiger partial charge in [-0.3, -0.25) is 9.59 Å². The highest BCUT2D eigenvalue weighted by Crippen LogP contribution is 2.67. The summed E-state index contributed by atoms with van der Waals surface area (Å²) in [4.78, 5) is 25.8. The van der Waals surface area contributed by atoms with Gasteiger partial charge in [0.2, 0.25) is 5.91 Å². The first-order valence-electron chi connectivity index (χ1n) is 9.78. The summed E-state index contributed by atoms with van der Waals surface area (Å²) in [7, 11) is 0. The van der Waals surface area contributed by atoms with Crippen LogP contribution in [0.15, 0.2) is 60.7 Å². The largest absolute Gasteiger partial charge is 0.326 e. The normalized spacial score (nSPS) is 18.6. The van der Waals surface area contributed by atoms with Crippen molar-refractivity contribution in [3.8, 4) is 0 Å². The molecule has 170 valence electrons. The van der Waals surface area contributed by atoms with Crippen molar-refractivity contribution < 1.29 is 14.0 Å². The van der Waals surface area contributed by atoms with Gasteiger partial charge >= 0.3 is 0 Å². The number of halogens is 6. The van der Waals surface area contributed by atoms with Crippen LogP contribution in [0.25, 0.3) is 0 Å². The van der Waals surface area contributed by atoms with Gasteiger partial charge in [-0.05, 0) is 59.7 Å². The Balaban J connectivity index is 1.50. The predicted octanol–water partition coefficient (Wildman–Crippen LogP) is 8.05. The second kappa shape index (κ2) is 9.67. The van der Waals surface area contributed by atoms with E-state index in [0.29, 0.717) is 21.3 Å². The molecule has 0 spiro atoms. The zero-order chi connectivity index (χ0) is 23.9. The summed E-state index contributed by atoms with van der Waals surface area (Å²) in [5, 5.41) is 4.10. The Bertz CT molecular complexity index is 1230. The lowest BCUT2D eigenvalue weighted by Crippen LogP contribution is -2.17. The Hall–Kier alpha value is -1.44. The lowest BCUT2D eigenvalue weighted by Gasteiger charge is -2.09. The molecule has 2 atom stereocenters. The van der Waals surface area contributed by atoms with E-state index in [1.54, 1.807) is 48.5 Å². The highest BCUT2D eigenvalue weighted by atomic mass is 79.9. The monoisotopic (exact) mass is 631 g/mol. The van der Waals surface area contributed by atoms with Gasteiger partial charge in [-0.15, -0.1) is 0 Å². The van der Waals surface area contributed by atoms with Crippen molar-refractivity contribution in [3.05, 3.63) is 98.2 Å². The van der Waals surface area contributed by atoms with Gasteiger partial charge in [0.15, 0.2) is 5.78 Å². The third-order valence-electron chi connectivity index (χ3n) is 5.39. The summed E-state index contributed by atoms with van der Waals surface area (Å²) in [6, 6.07) is 15.6. The molecule has 1 amide bonds. The van der Waals surface area contributed by atoms with E-state index in [1.807, 2.05) is 0 Å². The summed E-state index contributed by atoms with van der Waals surface area (Å²) in [5.41, 5.74) is 2.21. The fraction of sp³-hybridized carbons (Fsp3) is 0.167. The van der Waals surface area contributed by atoms with Crippen LogP contribution in [-0.4, -0.2) is 14.9 Å². The average molecular weight is 635 g/mol. The molecule has 1 N–H and O–H groups in total. The molecular weight excluding hydrogens is 619 g/mol. The van der Waals surface area contributed by atoms with E-state index in [-0.39, 0.29) is 40.4 Å². The minimum Gasteiger partial charge on any atom is -0.326 e. The lowest BCUT2D eigenvalue weighted by molar-refractivity contribution is -0.117. The molecule has 0 radical (unpaired) electrons. The Kier molecular flexibility index (Phi) is 7.23. The number of alkyl halides is 2. The molecule has 0 aromatic heterocycles. The number of nitrogens with one attached hydrogen (secondary N) is 1. The van der Waals surface area contributed by atoms with Crippen molar-refractivity contribution in [2.24, 2.45) is 5.92 Å². The number of hydrogen-bond acceptors (Lipinski definition) is 2. The summed E-state index contributed by atoms with van der Waals surface area (Å²) < 4.78 is 12.5. The van der Waals surface area contributed by atoms with E-state index < -0.39 is 9.15 Å². The zero-order valence-corrected chi connectivity index (χ0v) is 22.2. The molecule has 0 bridgehead atoms. The van der Waals surface area contributed by atoms with Crippen LogP contribution in [0.2, 0.25) is 15.1 Å². The molecule has 3 nitrogen and oxygen atoms in total.